The quantitative estimate of drug-likeness (QED) is 0.277. The number of halogens is 1. The molecular formula is C25H28IN7S. The standard InChI is InChI=1S/C25H28IN7S/c1-15-20(5-6-22(29-15)27-13-16-7-9-33(2)10-8-16)31-25-28-14-17-11-23(34)30-21-12-18(26)3-4-19(21)24(17)32-25/h3-6,12,14,16H,7-11,13H2,1-2H3,(H,27,29)(H,30,34)(H,28,31,32). The zero-order chi connectivity index (χ0) is 23.7. The van der Waals surface area contributed by atoms with Gasteiger partial charge in [0, 0.05) is 39.5 Å². The first-order valence-corrected chi connectivity index (χ1v) is 13.1. The van der Waals surface area contributed by atoms with Gasteiger partial charge in [0.1, 0.15) is 5.82 Å². The SMILES string of the molecule is Cc1nc(NCC2CCN(C)CC2)ccc1Nc1ncc2c(n1)-c1ccc(I)cc1NC(=S)C2. The number of aromatic nitrogens is 3. The van der Waals surface area contributed by atoms with Gasteiger partial charge in [-0.05, 0) is 98.7 Å². The van der Waals surface area contributed by atoms with E-state index in [1.54, 1.807) is 0 Å². The number of likely N-dealkylation sites (tertiary alicyclic amines) is 1. The molecule has 1 saturated heterocycles. The molecule has 0 saturated carbocycles. The topological polar surface area (TPSA) is 78.0 Å². The molecule has 1 fully saturated rings. The van der Waals surface area contributed by atoms with Crippen LogP contribution in [0.5, 0.6) is 0 Å². The molecule has 2 aromatic heterocycles. The number of anilines is 4. The minimum atomic E-state index is 0.549. The lowest BCUT2D eigenvalue weighted by Crippen LogP contribution is -2.33. The number of benzene rings is 1. The van der Waals surface area contributed by atoms with Crippen molar-refractivity contribution in [1.82, 2.24) is 19.9 Å². The van der Waals surface area contributed by atoms with Crippen LogP contribution in [0, 0.1) is 16.4 Å². The van der Waals surface area contributed by atoms with E-state index in [-0.39, 0.29) is 0 Å². The maximum absolute atomic E-state index is 5.52. The Morgan fingerprint density at radius 1 is 1.18 bits per heavy atom. The van der Waals surface area contributed by atoms with Crippen LogP contribution in [0.2, 0.25) is 0 Å². The van der Waals surface area contributed by atoms with E-state index in [0.29, 0.717) is 18.3 Å². The fraction of sp³-hybridized carbons (Fsp3) is 0.360. The summed E-state index contributed by atoms with van der Waals surface area (Å²) in [6.45, 7) is 5.32. The van der Waals surface area contributed by atoms with E-state index in [1.165, 1.54) is 25.9 Å². The Morgan fingerprint density at radius 3 is 2.79 bits per heavy atom. The first kappa shape index (κ1) is 23.4. The molecule has 0 spiro atoms. The largest absolute Gasteiger partial charge is 0.370 e. The molecule has 0 amide bonds. The molecule has 9 heteroatoms. The second kappa shape index (κ2) is 10.1. The maximum atomic E-state index is 5.52. The number of aryl methyl sites for hydroxylation is 1. The Morgan fingerprint density at radius 2 is 2.00 bits per heavy atom. The smallest absolute Gasteiger partial charge is 0.227 e. The highest BCUT2D eigenvalue weighted by Crippen LogP contribution is 2.34. The summed E-state index contributed by atoms with van der Waals surface area (Å²) in [6, 6.07) is 10.3. The van der Waals surface area contributed by atoms with Gasteiger partial charge in [0.15, 0.2) is 0 Å². The van der Waals surface area contributed by atoms with E-state index >= 15 is 0 Å². The van der Waals surface area contributed by atoms with Gasteiger partial charge < -0.3 is 20.9 Å². The Labute approximate surface area is 219 Å². The molecular weight excluding hydrogens is 557 g/mol. The van der Waals surface area contributed by atoms with Crippen LogP contribution >= 0.6 is 34.8 Å². The average molecular weight is 586 g/mol. The predicted molar refractivity (Wildman–Crippen MR) is 151 cm³/mol. The van der Waals surface area contributed by atoms with E-state index in [9.17, 15) is 0 Å². The van der Waals surface area contributed by atoms with Gasteiger partial charge in [0.25, 0.3) is 0 Å². The molecule has 2 aliphatic heterocycles. The van der Waals surface area contributed by atoms with Crippen LogP contribution in [0.1, 0.15) is 24.1 Å². The molecule has 176 valence electrons. The summed E-state index contributed by atoms with van der Waals surface area (Å²) in [4.78, 5) is 17.4. The highest BCUT2D eigenvalue weighted by molar-refractivity contribution is 14.1. The lowest BCUT2D eigenvalue weighted by atomic mass is 9.97. The van der Waals surface area contributed by atoms with Crippen LogP contribution in [0.25, 0.3) is 11.3 Å². The van der Waals surface area contributed by atoms with Gasteiger partial charge in [-0.2, -0.15) is 0 Å². The molecule has 4 heterocycles. The molecule has 1 aromatic carbocycles. The van der Waals surface area contributed by atoms with Gasteiger partial charge in [-0.15, -0.1) is 0 Å². The molecule has 34 heavy (non-hydrogen) atoms. The van der Waals surface area contributed by atoms with Gasteiger partial charge in [0.05, 0.1) is 22.1 Å². The highest BCUT2D eigenvalue weighted by atomic mass is 127. The van der Waals surface area contributed by atoms with E-state index in [0.717, 1.165) is 54.8 Å². The van der Waals surface area contributed by atoms with Gasteiger partial charge in [0.2, 0.25) is 5.95 Å². The van der Waals surface area contributed by atoms with Crippen molar-refractivity contribution >= 4 is 62.9 Å². The lowest BCUT2D eigenvalue weighted by molar-refractivity contribution is 0.226. The molecule has 3 N–H and O–H groups in total. The zero-order valence-corrected chi connectivity index (χ0v) is 22.3. The molecule has 3 aromatic rings. The molecule has 7 nitrogen and oxygen atoms in total. The summed E-state index contributed by atoms with van der Waals surface area (Å²) in [5, 5.41) is 10.2. The van der Waals surface area contributed by atoms with Crippen LogP contribution < -0.4 is 16.0 Å². The third kappa shape index (κ3) is 5.31. The second-order valence-corrected chi connectivity index (χ2v) is 10.8. The van der Waals surface area contributed by atoms with Crippen molar-refractivity contribution in [1.29, 1.82) is 0 Å². The van der Waals surface area contributed by atoms with Crippen molar-refractivity contribution in [3.8, 4) is 11.3 Å². The monoisotopic (exact) mass is 585 g/mol. The summed E-state index contributed by atoms with van der Waals surface area (Å²) in [6.07, 6.45) is 4.96. The normalized spacial score (nSPS) is 16.3. The summed E-state index contributed by atoms with van der Waals surface area (Å²) in [5.41, 5.74) is 5.74. The fourth-order valence-electron chi connectivity index (χ4n) is 4.45. The Kier molecular flexibility index (Phi) is 6.94. The summed E-state index contributed by atoms with van der Waals surface area (Å²) >= 11 is 7.83. The van der Waals surface area contributed by atoms with Crippen molar-refractivity contribution in [2.75, 3.05) is 42.6 Å². The van der Waals surface area contributed by atoms with Crippen LogP contribution in [0.15, 0.2) is 36.5 Å². The minimum Gasteiger partial charge on any atom is -0.370 e. The Bertz CT molecular complexity index is 1220. The van der Waals surface area contributed by atoms with Gasteiger partial charge in [-0.3, -0.25) is 0 Å². The number of thiocarbonyl (C=S) groups is 1. The molecule has 0 radical (unpaired) electrons. The second-order valence-electron chi connectivity index (χ2n) is 9.06. The summed E-state index contributed by atoms with van der Waals surface area (Å²) in [7, 11) is 2.19. The number of hydrogen-bond acceptors (Lipinski definition) is 7. The molecule has 0 bridgehead atoms. The van der Waals surface area contributed by atoms with Gasteiger partial charge >= 0.3 is 0 Å². The van der Waals surface area contributed by atoms with Crippen molar-refractivity contribution in [2.45, 2.75) is 26.2 Å². The Balaban J connectivity index is 1.32. The summed E-state index contributed by atoms with van der Waals surface area (Å²) in [5.74, 6) is 2.17. The molecule has 5 rings (SSSR count). The maximum Gasteiger partial charge on any atom is 0.227 e. The predicted octanol–water partition coefficient (Wildman–Crippen LogP) is 5.24. The number of nitrogens with zero attached hydrogens (tertiary/aromatic N) is 4. The van der Waals surface area contributed by atoms with Crippen LogP contribution in [-0.2, 0) is 6.42 Å². The van der Waals surface area contributed by atoms with Gasteiger partial charge in [-0.1, -0.05) is 12.2 Å². The highest BCUT2D eigenvalue weighted by Gasteiger charge is 2.20. The van der Waals surface area contributed by atoms with Gasteiger partial charge in [-0.25, -0.2) is 15.0 Å². The van der Waals surface area contributed by atoms with Crippen molar-refractivity contribution in [2.24, 2.45) is 5.92 Å². The molecule has 2 aliphatic rings. The van der Waals surface area contributed by atoms with E-state index < -0.39 is 0 Å². The van der Waals surface area contributed by atoms with Crippen LogP contribution in [0.4, 0.5) is 23.1 Å². The Hall–Kier alpha value is -2.37. The first-order chi connectivity index (χ1) is 16.4. The average Bonchev–Trinajstić information content (AvgIpc) is 2.95. The van der Waals surface area contributed by atoms with Crippen molar-refractivity contribution in [3.05, 3.63) is 51.4 Å². The number of pyridine rings is 1. The first-order valence-electron chi connectivity index (χ1n) is 11.6. The third-order valence-electron chi connectivity index (χ3n) is 6.47. The van der Waals surface area contributed by atoms with E-state index in [4.69, 9.17) is 22.2 Å². The zero-order valence-electron chi connectivity index (χ0n) is 19.4. The molecule has 0 unspecified atom stereocenters. The minimum absolute atomic E-state index is 0.549. The third-order valence-corrected chi connectivity index (χ3v) is 7.39. The number of nitrogens with one attached hydrogen (secondary N) is 3. The van der Waals surface area contributed by atoms with Crippen molar-refractivity contribution in [3.63, 3.8) is 0 Å². The van der Waals surface area contributed by atoms with E-state index in [2.05, 4.69) is 73.7 Å². The number of fused-ring (bicyclic) bond motifs is 3. The molecule has 0 atom stereocenters. The lowest BCUT2D eigenvalue weighted by Gasteiger charge is -2.29. The molecule has 0 aliphatic carbocycles. The summed E-state index contributed by atoms with van der Waals surface area (Å²) < 4.78 is 1.15. The number of rotatable bonds is 5. The van der Waals surface area contributed by atoms with Crippen molar-refractivity contribution < 1.29 is 0 Å². The fourth-order valence-corrected chi connectivity index (χ4v) is 5.21. The van der Waals surface area contributed by atoms with E-state index in [1.807, 2.05) is 25.3 Å². The van der Waals surface area contributed by atoms with Crippen LogP contribution in [-0.4, -0.2) is 51.5 Å². The number of hydrogen-bond donors (Lipinski definition) is 3. The van der Waals surface area contributed by atoms with Crippen LogP contribution in [0.3, 0.4) is 0 Å². The number of piperidine rings is 1.